The number of thioether (sulfide) groups is 1. The maximum absolute atomic E-state index is 12.4. The molecular weight excluding hydrogens is 418 g/mol. The fraction of sp³-hybridized carbons (Fsp3) is 0.200. The number of nitrogens with two attached hydrogens (primary N) is 1. The van der Waals surface area contributed by atoms with Gasteiger partial charge >= 0.3 is 0 Å². The molecule has 0 atom stereocenters. The van der Waals surface area contributed by atoms with E-state index in [-0.39, 0.29) is 44.9 Å². The number of aryl methyl sites for hydroxylation is 3. The second-order valence-electron chi connectivity index (χ2n) is 6.64. The Bertz CT molecular complexity index is 1250. The summed E-state index contributed by atoms with van der Waals surface area (Å²) in [5, 5.41) is 37.8. The minimum Gasteiger partial charge on any atom is -0.539 e. The Morgan fingerprint density at radius 3 is 2.61 bits per heavy atom. The van der Waals surface area contributed by atoms with Gasteiger partial charge in [0.05, 0.1) is 22.2 Å². The summed E-state index contributed by atoms with van der Waals surface area (Å²) in [5.41, 5.74) is 8.24. The van der Waals surface area contributed by atoms with Gasteiger partial charge in [0.25, 0.3) is 5.69 Å². The molecule has 3 aromatic rings. The van der Waals surface area contributed by atoms with Crippen molar-refractivity contribution in [1.82, 2.24) is 10.3 Å². The topological polar surface area (TPSA) is 169 Å². The maximum Gasteiger partial charge on any atom is 0.266 e. The van der Waals surface area contributed by atoms with Crippen LogP contribution in [0, 0.1) is 36.5 Å². The van der Waals surface area contributed by atoms with Crippen molar-refractivity contribution in [1.29, 1.82) is 10.5 Å². The van der Waals surface area contributed by atoms with Gasteiger partial charge < -0.3 is 20.7 Å². The lowest BCUT2D eigenvalue weighted by Gasteiger charge is -2.11. The first-order valence-corrected chi connectivity index (χ1v) is 9.92. The van der Waals surface area contributed by atoms with Gasteiger partial charge in [-0.05, 0) is 25.5 Å². The molecule has 3 rings (SSSR count). The van der Waals surface area contributed by atoms with Crippen LogP contribution in [0.1, 0.15) is 22.3 Å². The third kappa shape index (κ3) is 4.27. The first kappa shape index (κ1) is 21.6. The summed E-state index contributed by atoms with van der Waals surface area (Å²) in [6.07, 6.45) is 0. The molecule has 0 fully saturated rings. The molecule has 2 aromatic heterocycles. The van der Waals surface area contributed by atoms with E-state index in [1.807, 2.05) is 44.2 Å². The third-order valence-electron chi connectivity index (χ3n) is 4.41. The zero-order valence-electron chi connectivity index (χ0n) is 16.9. The van der Waals surface area contributed by atoms with E-state index in [2.05, 4.69) is 20.1 Å². The summed E-state index contributed by atoms with van der Waals surface area (Å²) >= 11 is 0.967. The number of hydrogen-bond donors (Lipinski definition) is 2. The lowest BCUT2D eigenvalue weighted by Crippen LogP contribution is -2.32. The van der Waals surface area contributed by atoms with Crippen LogP contribution in [0.4, 0.5) is 11.5 Å². The number of nitrogen functional groups attached to an aromatic ring is 1. The average molecular weight is 435 g/mol. The highest BCUT2D eigenvalue weighted by atomic mass is 32.2. The second-order valence-corrected chi connectivity index (χ2v) is 7.60. The summed E-state index contributed by atoms with van der Waals surface area (Å²) in [7, 11) is 1.43. The monoisotopic (exact) mass is 435 g/mol. The number of anilines is 2. The summed E-state index contributed by atoms with van der Waals surface area (Å²) in [6, 6.07) is 9.47. The lowest BCUT2D eigenvalue weighted by atomic mass is 10.0. The molecule has 0 spiro atoms. The Hall–Kier alpha value is -4.09. The summed E-state index contributed by atoms with van der Waals surface area (Å²) < 4.78 is 5.73. The standard InChI is InChI=1S/C20H17N7O3S/c1-10-4-5-14(11(2)6-10)24-15(28)9-31-19-13(8-22)16(12(7-21)18(23)25-19)17-20(29)30-26-27(17)3/h4-6H,9H2,1-3H3,(H3-,23,24,25,26,28,29). The number of nitriles is 2. The van der Waals surface area contributed by atoms with Crippen LogP contribution in [0.25, 0.3) is 11.3 Å². The molecule has 10 nitrogen and oxygen atoms in total. The number of aromatic nitrogens is 3. The number of benzene rings is 1. The summed E-state index contributed by atoms with van der Waals surface area (Å²) in [5.74, 6) is -1.38. The van der Waals surface area contributed by atoms with Crippen molar-refractivity contribution in [2.45, 2.75) is 18.9 Å². The molecule has 0 bridgehead atoms. The SMILES string of the molecule is Cc1ccc(NC(=O)CSc2nc(N)c(C#N)c(-c3c([O-])on[n+]3C)c2C#N)c(C)c1. The maximum atomic E-state index is 12.4. The first-order chi connectivity index (χ1) is 14.8. The fourth-order valence-corrected chi connectivity index (χ4v) is 3.79. The molecule has 0 saturated heterocycles. The van der Waals surface area contributed by atoms with Gasteiger partial charge in [0.2, 0.25) is 5.91 Å². The van der Waals surface area contributed by atoms with Gasteiger partial charge in [-0.3, -0.25) is 4.79 Å². The molecule has 1 aromatic carbocycles. The third-order valence-corrected chi connectivity index (χ3v) is 5.39. The molecule has 3 N–H and O–H groups in total. The molecule has 2 heterocycles. The highest BCUT2D eigenvalue weighted by Crippen LogP contribution is 2.36. The van der Waals surface area contributed by atoms with Gasteiger partial charge in [0.15, 0.2) is 13.0 Å². The number of nitrogens with zero attached hydrogens (tertiary/aromatic N) is 5. The van der Waals surface area contributed by atoms with Gasteiger partial charge in [-0.25, -0.2) is 4.98 Å². The Labute approximate surface area is 181 Å². The molecule has 156 valence electrons. The van der Waals surface area contributed by atoms with E-state index in [4.69, 9.17) is 5.73 Å². The molecule has 0 saturated carbocycles. The first-order valence-electron chi connectivity index (χ1n) is 8.93. The Morgan fingerprint density at radius 2 is 2.03 bits per heavy atom. The van der Waals surface area contributed by atoms with Gasteiger partial charge in [0.1, 0.15) is 28.5 Å². The van der Waals surface area contributed by atoms with E-state index in [0.29, 0.717) is 5.69 Å². The van der Waals surface area contributed by atoms with Crippen LogP contribution in [-0.4, -0.2) is 21.9 Å². The minimum atomic E-state index is -0.829. The number of pyridine rings is 1. The number of hydrogen-bond acceptors (Lipinski definition) is 9. The largest absolute Gasteiger partial charge is 0.539 e. The summed E-state index contributed by atoms with van der Waals surface area (Å²) in [4.78, 5) is 16.6. The molecule has 0 aliphatic heterocycles. The highest BCUT2D eigenvalue weighted by Gasteiger charge is 2.29. The van der Waals surface area contributed by atoms with E-state index in [1.54, 1.807) is 0 Å². The predicted octanol–water partition coefficient (Wildman–Crippen LogP) is 1.31. The molecule has 31 heavy (non-hydrogen) atoms. The van der Waals surface area contributed by atoms with E-state index >= 15 is 0 Å². The van der Waals surface area contributed by atoms with Crippen LogP contribution < -0.4 is 20.8 Å². The van der Waals surface area contributed by atoms with E-state index < -0.39 is 5.95 Å². The molecule has 0 aliphatic carbocycles. The number of carbonyl (C=O) groups is 1. The molecule has 0 radical (unpaired) electrons. The van der Waals surface area contributed by atoms with Gasteiger partial charge in [0, 0.05) is 5.69 Å². The average Bonchev–Trinajstić information content (AvgIpc) is 3.05. The number of carbonyl (C=O) groups excluding carboxylic acids is 1. The van der Waals surface area contributed by atoms with Crippen molar-refractivity contribution >= 4 is 29.2 Å². The molecular formula is C20H17N7O3S. The van der Waals surface area contributed by atoms with Crippen molar-refractivity contribution < 1.29 is 19.1 Å². The van der Waals surface area contributed by atoms with Crippen LogP contribution in [0.2, 0.25) is 0 Å². The van der Waals surface area contributed by atoms with Crippen molar-refractivity contribution in [3.05, 3.63) is 40.5 Å². The lowest BCUT2D eigenvalue weighted by molar-refractivity contribution is -0.730. The van der Waals surface area contributed by atoms with Crippen LogP contribution in [0.15, 0.2) is 27.7 Å². The highest BCUT2D eigenvalue weighted by molar-refractivity contribution is 8.00. The van der Waals surface area contributed by atoms with Crippen molar-refractivity contribution in [3.8, 4) is 29.3 Å². The van der Waals surface area contributed by atoms with Crippen molar-refractivity contribution in [2.24, 2.45) is 7.05 Å². The zero-order chi connectivity index (χ0) is 22.7. The van der Waals surface area contributed by atoms with E-state index in [1.165, 1.54) is 7.05 Å². The van der Waals surface area contributed by atoms with Crippen LogP contribution in [0.5, 0.6) is 5.95 Å². The number of rotatable bonds is 5. The second kappa shape index (κ2) is 8.73. The van der Waals surface area contributed by atoms with E-state index in [0.717, 1.165) is 27.6 Å². The Kier molecular flexibility index (Phi) is 6.09. The van der Waals surface area contributed by atoms with Crippen LogP contribution in [-0.2, 0) is 11.8 Å². The van der Waals surface area contributed by atoms with E-state index in [9.17, 15) is 20.4 Å². The predicted molar refractivity (Wildman–Crippen MR) is 109 cm³/mol. The smallest absolute Gasteiger partial charge is 0.266 e. The van der Waals surface area contributed by atoms with Crippen molar-refractivity contribution in [2.75, 3.05) is 16.8 Å². The number of amides is 1. The Balaban J connectivity index is 1.94. The zero-order valence-corrected chi connectivity index (χ0v) is 17.7. The van der Waals surface area contributed by atoms with Gasteiger partial charge in [-0.2, -0.15) is 10.5 Å². The van der Waals surface area contributed by atoms with Crippen LogP contribution in [0.3, 0.4) is 0 Å². The fourth-order valence-electron chi connectivity index (χ4n) is 2.99. The van der Waals surface area contributed by atoms with Crippen LogP contribution >= 0.6 is 11.8 Å². The Morgan fingerprint density at radius 1 is 1.32 bits per heavy atom. The van der Waals surface area contributed by atoms with Gasteiger partial charge in [-0.1, -0.05) is 34.1 Å². The summed E-state index contributed by atoms with van der Waals surface area (Å²) in [6.45, 7) is 3.84. The molecule has 1 amide bonds. The quantitative estimate of drug-likeness (QED) is 0.443. The molecule has 0 aliphatic rings. The normalized spacial score (nSPS) is 10.4. The van der Waals surface area contributed by atoms with Gasteiger partial charge in [-0.15, -0.1) is 0 Å². The number of nitrogens with one attached hydrogen (secondary N) is 1. The molecule has 11 heteroatoms. The minimum absolute atomic E-state index is 0.0245. The molecule has 0 unspecified atom stereocenters. The van der Waals surface area contributed by atoms with Crippen molar-refractivity contribution in [3.63, 3.8) is 0 Å².